The van der Waals surface area contributed by atoms with Gasteiger partial charge in [0.1, 0.15) is 4.87 Å². The van der Waals surface area contributed by atoms with E-state index in [1.165, 1.54) is 0 Å². The molecule has 1 saturated heterocycles. The van der Waals surface area contributed by atoms with Crippen LogP contribution in [0.4, 0.5) is 10.3 Å². The highest BCUT2D eigenvalue weighted by Crippen LogP contribution is 2.31. The van der Waals surface area contributed by atoms with Gasteiger partial charge in [-0.25, -0.2) is 14.4 Å². The van der Waals surface area contributed by atoms with Crippen LogP contribution in [0.3, 0.4) is 0 Å². The number of alkyl halides is 1. The van der Waals surface area contributed by atoms with E-state index in [4.69, 9.17) is 16.3 Å². The van der Waals surface area contributed by atoms with Crippen molar-refractivity contribution in [2.24, 2.45) is 0 Å². The van der Waals surface area contributed by atoms with Crippen molar-refractivity contribution >= 4 is 23.5 Å². The molecule has 5 nitrogen and oxygen atoms in total. The summed E-state index contributed by atoms with van der Waals surface area (Å²) in [4.78, 5) is 20.5. The van der Waals surface area contributed by atoms with Crippen molar-refractivity contribution in [3.63, 3.8) is 0 Å². The number of aromatic nitrogens is 2. The first-order valence-electron chi connectivity index (χ1n) is 6.14. The molecular weight excluding hydrogens is 273 g/mol. The van der Waals surface area contributed by atoms with Crippen molar-refractivity contribution in [3.05, 3.63) is 18.2 Å². The van der Waals surface area contributed by atoms with Crippen molar-refractivity contribution in [1.82, 2.24) is 9.97 Å². The molecule has 1 aliphatic rings. The molecule has 0 bridgehead atoms. The van der Waals surface area contributed by atoms with E-state index in [-0.39, 0.29) is 5.97 Å². The van der Waals surface area contributed by atoms with Gasteiger partial charge in [0.15, 0.2) is 5.82 Å². The Morgan fingerprint density at radius 2 is 2.05 bits per heavy atom. The molecule has 1 fully saturated rings. The summed E-state index contributed by atoms with van der Waals surface area (Å²) < 4.78 is 17.7. The van der Waals surface area contributed by atoms with Crippen LogP contribution in [0.1, 0.15) is 19.8 Å². The maximum Gasteiger partial charge on any atom is 0.327 e. The largest absolute Gasteiger partial charge is 0.465 e. The fourth-order valence-electron chi connectivity index (χ4n) is 1.99. The number of ether oxygens (including phenoxy) is 1. The second-order valence-electron chi connectivity index (χ2n) is 4.37. The Labute approximate surface area is 115 Å². The topological polar surface area (TPSA) is 55.3 Å². The molecule has 1 aromatic rings. The summed E-state index contributed by atoms with van der Waals surface area (Å²) in [6.07, 6.45) is 3.15. The zero-order valence-corrected chi connectivity index (χ0v) is 11.4. The summed E-state index contributed by atoms with van der Waals surface area (Å²) in [5, 5.41) is 0. The van der Waals surface area contributed by atoms with Gasteiger partial charge in [-0.05, 0) is 19.8 Å². The fourth-order valence-corrected chi connectivity index (χ4v) is 2.22. The lowest BCUT2D eigenvalue weighted by molar-refractivity contribution is -0.147. The summed E-state index contributed by atoms with van der Waals surface area (Å²) in [6, 6.07) is 0. The molecular formula is C12H15ClFN3O2. The predicted molar refractivity (Wildman–Crippen MR) is 68.7 cm³/mol. The minimum absolute atomic E-state index is 0.318. The quantitative estimate of drug-likeness (QED) is 0.626. The van der Waals surface area contributed by atoms with E-state index in [2.05, 4.69) is 9.97 Å². The predicted octanol–water partition coefficient (Wildman–Crippen LogP) is 1.76. The van der Waals surface area contributed by atoms with Gasteiger partial charge < -0.3 is 9.64 Å². The number of carbonyl (C=O) groups excluding carboxylic acids is 1. The summed E-state index contributed by atoms with van der Waals surface area (Å²) in [5.74, 6) is -0.403. The molecule has 2 rings (SSSR count). The fraction of sp³-hybridized carbons (Fsp3) is 0.583. The molecule has 0 atom stereocenters. The Balaban J connectivity index is 1.99. The Bertz CT molecular complexity index is 447. The van der Waals surface area contributed by atoms with Gasteiger partial charge in [0.05, 0.1) is 19.0 Å². The molecule has 0 amide bonds. The molecule has 1 aliphatic heterocycles. The van der Waals surface area contributed by atoms with Crippen molar-refractivity contribution in [3.8, 4) is 0 Å². The molecule has 0 aliphatic carbocycles. The van der Waals surface area contributed by atoms with E-state index in [0.29, 0.717) is 38.5 Å². The van der Waals surface area contributed by atoms with Crippen LogP contribution in [0, 0.1) is 5.82 Å². The molecule has 104 valence electrons. The van der Waals surface area contributed by atoms with E-state index >= 15 is 0 Å². The number of esters is 1. The highest BCUT2D eigenvalue weighted by molar-refractivity contribution is 6.34. The van der Waals surface area contributed by atoms with Crippen LogP contribution >= 0.6 is 11.6 Å². The summed E-state index contributed by atoms with van der Waals surface area (Å²) >= 11 is 6.28. The molecule has 7 heteroatoms. The summed E-state index contributed by atoms with van der Waals surface area (Å²) in [5.41, 5.74) is 0. The lowest BCUT2D eigenvalue weighted by atomic mass is 9.96. The minimum Gasteiger partial charge on any atom is -0.465 e. The molecule has 0 radical (unpaired) electrons. The average Bonchev–Trinajstić information content (AvgIpc) is 2.41. The van der Waals surface area contributed by atoms with Gasteiger partial charge in [0.2, 0.25) is 5.95 Å². The van der Waals surface area contributed by atoms with Crippen molar-refractivity contribution in [1.29, 1.82) is 0 Å². The Kier molecular flexibility index (Phi) is 4.19. The first kappa shape index (κ1) is 14.0. The first-order valence-corrected chi connectivity index (χ1v) is 6.51. The van der Waals surface area contributed by atoms with E-state index in [1.54, 1.807) is 6.92 Å². The first-order chi connectivity index (χ1) is 9.05. The Morgan fingerprint density at radius 1 is 1.47 bits per heavy atom. The third kappa shape index (κ3) is 3.12. The third-order valence-electron chi connectivity index (χ3n) is 3.09. The maximum absolute atomic E-state index is 12.7. The summed E-state index contributed by atoms with van der Waals surface area (Å²) in [6.45, 7) is 3.14. The van der Waals surface area contributed by atoms with Crippen LogP contribution < -0.4 is 4.90 Å². The molecule has 0 N–H and O–H groups in total. The van der Waals surface area contributed by atoms with E-state index in [1.807, 2.05) is 4.90 Å². The van der Waals surface area contributed by atoms with E-state index < -0.39 is 10.7 Å². The number of nitrogens with zero attached hydrogens (tertiary/aromatic N) is 3. The van der Waals surface area contributed by atoms with Gasteiger partial charge in [0.25, 0.3) is 0 Å². The molecule has 2 heterocycles. The molecule has 0 saturated carbocycles. The number of piperidine rings is 1. The average molecular weight is 288 g/mol. The minimum atomic E-state index is -0.966. The number of carbonyl (C=O) groups is 1. The lowest BCUT2D eigenvalue weighted by Crippen LogP contribution is -2.47. The SMILES string of the molecule is CCOC(=O)C1(Cl)CCN(c2ncc(F)cn2)CC1. The monoisotopic (exact) mass is 287 g/mol. The molecule has 19 heavy (non-hydrogen) atoms. The lowest BCUT2D eigenvalue weighted by Gasteiger charge is -2.35. The van der Waals surface area contributed by atoms with E-state index in [9.17, 15) is 9.18 Å². The number of halogens is 2. The molecule has 0 unspecified atom stereocenters. The standard InChI is InChI=1S/C12H15ClFN3O2/c1-2-19-10(18)12(13)3-5-17(6-4-12)11-15-7-9(14)8-16-11/h7-8H,2-6H2,1H3. The van der Waals surface area contributed by atoms with Crippen LogP contribution in [0.2, 0.25) is 0 Å². The normalized spacial score (nSPS) is 18.2. The van der Waals surface area contributed by atoms with Crippen LogP contribution in [-0.2, 0) is 9.53 Å². The zero-order valence-electron chi connectivity index (χ0n) is 10.6. The van der Waals surface area contributed by atoms with Crippen molar-refractivity contribution in [2.75, 3.05) is 24.6 Å². The van der Waals surface area contributed by atoms with E-state index in [0.717, 1.165) is 12.4 Å². The number of rotatable bonds is 3. The molecule has 0 spiro atoms. The maximum atomic E-state index is 12.7. The highest BCUT2D eigenvalue weighted by Gasteiger charge is 2.41. The van der Waals surface area contributed by atoms with Crippen molar-refractivity contribution in [2.45, 2.75) is 24.6 Å². The van der Waals surface area contributed by atoms with Crippen molar-refractivity contribution < 1.29 is 13.9 Å². The second-order valence-corrected chi connectivity index (χ2v) is 5.10. The molecule has 0 aromatic carbocycles. The van der Waals surface area contributed by atoms with Crippen LogP contribution in [0.15, 0.2) is 12.4 Å². The second kappa shape index (κ2) is 5.69. The third-order valence-corrected chi connectivity index (χ3v) is 3.62. The van der Waals surface area contributed by atoms with Crippen LogP contribution in [0.5, 0.6) is 0 Å². The zero-order chi connectivity index (χ0) is 13.9. The van der Waals surface area contributed by atoms with Gasteiger partial charge in [0, 0.05) is 13.1 Å². The number of hydrogen-bond acceptors (Lipinski definition) is 5. The van der Waals surface area contributed by atoms with Gasteiger partial charge in [-0.1, -0.05) is 0 Å². The molecule has 1 aromatic heterocycles. The Morgan fingerprint density at radius 3 is 2.58 bits per heavy atom. The van der Waals surface area contributed by atoms with Gasteiger partial charge >= 0.3 is 5.97 Å². The highest BCUT2D eigenvalue weighted by atomic mass is 35.5. The smallest absolute Gasteiger partial charge is 0.327 e. The van der Waals surface area contributed by atoms with Gasteiger partial charge in [-0.15, -0.1) is 11.6 Å². The van der Waals surface area contributed by atoms with Gasteiger partial charge in [-0.2, -0.15) is 0 Å². The number of hydrogen-bond donors (Lipinski definition) is 0. The number of anilines is 1. The Hall–Kier alpha value is -1.43. The van der Waals surface area contributed by atoms with Crippen LogP contribution in [0.25, 0.3) is 0 Å². The van der Waals surface area contributed by atoms with Crippen LogP contribution in [-0.4, -0.2) is 40.5 Å². The van der Waals surface area contributed by atoms with Gasteiger partial charge in [-0.3, -0.25) is 4.79 Å². The summed E-state index contributed by atoms with van der Waals surface area (Å²) in [7, 11) is 0.